The monoisotopic (exact) mass is 804 g/mol. The van der Waals surface area contributed by atoms with Crippen molar-refractivity contribution in [1.29, 1.82) is 0 Å². The summed E-state index contributed by atoms with van der Waals surface area (Å²) in [4.78, 5) is 28.8. The molecule has 0 saturated carbocycles. The van der Waals surface area contributed by atoms with Crippen molar-refractivity contribution in [2.24, 2.45) is 5.73 Å². The van der Waals surface area contributed by atoms with Crippen LogP contribution in [-0.2, 0) is 36.2 Å². The number of rotatable bonds is 13. The first-order valence-electron chi connectivity index (χ1n) is 17.9. The largest absolute Gasteiger partial charge is 0.494 e. The number of carbonyl (C=O) groups excluding carboxylic acids is 2. The minimum absolute atomic E-state index is 0. The highest BCUT2D eigenvalue weighted by molar-refractivity contribution is 7.89. The SMILES string of the molecule is CS(=O)(=O)NC(CC(=O)NC1CCOc2cc(CN)ccc21)c1ccccc1.[C-]#[N+]c1ccc2c(c1)OCCC2NC(=O)CC(NS(C)(=O)=O)c1ccccc1.[HH]. The quantitative estimate of drug-likeness (QED) is 0.117. The maximum atomic E-state index is 12.7. The van der Waals surface area contributed by atoms with E-state index in [0.717, 1.165) is 46.1 Å². The molecule has 56 heavy (non-hydrogen) atoms. The molecule has 4 aromatic carbocycles. The van der Waals surface area contributed by atoms with Crippen LogP contribution in [0.5, 0.6) is 11.5 Å². The van der Waals surface area contributed by atoms with Crippen LogP contribution in [0.3, 0.4) is 0 Å². The first-order chi connectivity index (χ1) is 26.7. The molecule has 298 valence electrons. The van der Waals surface area contributed by atoms with E-state index in [-0.39, 0.29) is 38.2 Å². The highest BCUT2D eigenvalue weighted by Crippen LogP contribution is 2.36. The third-order valence-corrected chi connectivity index (χ3v) is 10.5. The summed E-state index contributed by atoms with van der Waals surface area (Å²) < 4.78 is 63.3. The number of hydrogen-bond acceptors (Lipinski definition) is 9. The van der Waals surface area contributed by atoms with Gasteiger partial charge in [0.15, 0.2) is 5.69 Å². The molecule has 14 nitrogen and oxygen atoms in total. The molecular formula is C40H48N6O8S2. The molecule has 2 aliphatic heterocycles. The fourth-order valence-electron chi connectivity index (χ4n) is 6.53. The van der Waals surface area contributed by atoms with Crippen LogP contribution in [0.15, 0.2) is 97.1 Å². The Labute approximate surface area is 329 Å². The molecule has 0 radical (unpaired) electrons. The van der Waals surface area contributed by atoms with Gasteiger partial charge in [0.2, 0.25) is 31.9 Å². The van der Waals surface area contributed by atoms with Gasteiger partial charge < -0.3 is 25.8 Å². The van der Waals surface area contributed by atoms with Gasteiger partial charge in [-0.1, -0.05) is 84.9 Å². The predicted molar refractivity (Wildman–Crippen MR) is 215 cm³/mol. The Bertz CT molecular complexity index is 2260. The molecule has 2 aliphatic rings. The van der Waals surface area contributed by atoms with Gasteiger partial charge >= 0.3 is 0 Å². The summed E-state index contributed by atoms with van der Waals surface area (Å²) in [6.07, 6.45) is 3.39. The van der Waals surface area contributed by atoms with Crippen molar-refractivity contribution in [1.82, 2.24) is 20.1 Å². The summed E-state index contributed by atoms with van der Waals surface area (Å²) in [5.74, 6) is 0.829. The zero-order valence-corrected chi connectivity index (χ0v) is 32.7. The molecule has 6 N–H and O–H groups in total. The first kappa shape index (κ1) is 41.8. The number of sulfonamides is 2. The molecule has 0 aromatic heterocycles. The summed E-state index contributed by atoms with van der Waals surface area (Å²) in [6, 6.07) is 27.2. The Kier molecular flexibility index (Phi) is 14.2. The third-order valence-electron chi connectivity index (χ3n) is 9.08. The second-order valence-electron chi connectivity index (χ2n) is 13.5. The van der Waals surface area contributed by atoms with Gasteiger partial charge in [0.05, 0.1) is 56.5 Å². The Morgan fingerprint density at radius 2 is 1.18 bits per heavy atom. The highest BCUT2D eigenvalue weighted by atomic mass is 32.2. The van der Waals surface area contributed by atoms with Gasteiger partial charge in [0, 0.05) is 44.8 Å². The number of hydrogen-bond donors (Lipinski definition) is 5. The zero-order chi connectivity index (χ0) is 40.3. The molecular weight excluding hydrogens is 757 g/mol. The Morgan fingerprint density at radius 1 is 0.732 bits per heavy atom. The Hall–Kier alpha value is -5.31. The number of nitrogens with zero attached hydrogens (tertiary/aromatic N) is 1. The van der Waals surface area contributed by atoms with E-state index in [1.807, 2.05) is 42.5 Å². The lowest BCUT2D eigenvalue weighted by molar-refractivity contribution is -0.123. The molecule has 4 atom stereocenters. The smallest absolute Gasteiger partial charge is 0.222 e. The van der Waals surface area contributed by atoms with Crippen LogP contribution in [0.4, 0.5) is 5.69 Å². The van der Waals surface area contributed by atoms with Crippen molar-refractivity contribution < 1.29 is 37.3 Å². The molecule has 2 amide bonds. The molecule has 0 aliphatic carbocycles. The van der Waals surface area contributed by atoms with E-state index in [4.69, 9.17) is 21.8 Å². The van der Waals surface area contributed by atoms with E-state index in [1.165, 1.54) is 0 Å². The van der Waals surface area contributed by atoms with Gasteiger partial charge in [0.1, 0.15) is 11.5 Å². The molecule has 0 bridgehead atoms. The van der Waals surface area contributed by atoms with Crippen LogP contribution in [0.2, 0.25) is 0 Å². The topological polar surface area (TPSA) is 199 Å². The van der Waals surface area contributed by atoms with Crippen molar-refractivity contribution in [2.75, 3.05) is 25.7 Å². The molecule has 16 heteroatoms. The summed E-state index contributed by atoms with van der Waals surface area (Å²) in [6.45, 7) is 8.45. The Balaban J connectivity index is 0.000000248. The number of nitrogens with two attached hydrogens (primary N) is 1. The molecule has 4 unspecified atom stereocenters. The first-order valence-corrected chi connectivity index (χ1v) is 21.7. The molecule has 4 aromatic rings. The standard InChI is InChI=1S/C20H21N3O4S.C20H25N3O4S.H2/c1-21-15-8-9-16-17(10-11-27-19(16)12-15)22-20(24)13-18(23-28(2,25)26)14-6-4-3-5-7-14;1-28(25,26)23-18(15-5-3-2-4-6-15)12-20(24)22-17-9-10-27-19-11-14(13-21)7-8-16(17)19;/h3-9,12,17-18,23H,10-11,13H2,2H3,(H,22,24);2-8,11,17-18,23H,9-10,12-13,21H2,1H3,(H,22,24);1H. The van der Waals surface area contributed by atoms with Crippen molar-refractivity contribution in [3.8, 4) is 11.5 Å². The average molecular weight is 805 g/mol. The van der Waals surface area contributed by atoms with E-state index < -0.39 is 32.1 Å². The fraction of sp³-hybridized carbons (Fsp3) is 0.325. The molecule has 0 saturated heterocycles. The number of benzene rings is 4. The second-order valence-corrected chi connectivity index (χ2v) is 17.1. The maximum Gasteiger partial charge on any atom is 0.222 e. The number of nitrogens with one attached hydrogen (secondary N) is 4. The lowest BCUT2D eigenvalue weighted by Gasteiger charge is -2.28. The van der Waals surface area contributed by atoms with Gasteiger partial charge in [-0.05, 0) is 28.8 Å². The van der Waals surface area contributed by atoms with Gasteiger partial charge in [-0.3, -0.25) is 9.59 Å². The van der Waals surface area contributed by atoms with Crippen molar-refractivity contribution in [2.45, 2.75) is 56.4 Å². The number of amides is 2. The predicted octanol–water partition coefficient (Wildman–Crippen LogP) is 4.87. The summed E-state index contributed by atoms with van der Waals surface area (Å²) in [5.41, 5.74) is 10.3. The molecule has 0 spiro atoms. The van der Waals surface area contributed by atoms with Crippen LogP contribution in [0.25, 0.3) is 4.85 Å². The van der Waals surface area contributed by atoms with Gasteiger partial charge in [0.25, 0.3) is 0 Å². The fourth-order valence-corrected chi connectivity index (χ4v) is 8.00. The average Bonchev–Trinajstić information content (AvgIpc) is 3.17. The van der Waals surface area contributed by atoms with Gasteiger partial charge in [-0.2, -0.15) is 0 Å². The lowest BCUT2D eigenvalue weighted by Crippen LogP contribution is -2.36. The molecule has 6 rings (SSSR count). The van der Waals surface area contributed by atoms with Crippen molar-refractivity contribution >= 4 is 37.5 Å². The van der Waals surface area contributed by atoms with E-state index >= 15 is 0 Å². The van der Waals surface area contributed by atoms with Crippen molar-refractivity contribution in [3.05, 3.63) is 136 Å². The van der Waals surface area contributed by atoms with Crippen LogP contribution < -0.4 is 35.3 Å². The number of fused-ring (bicyclic) bond motifs is 2. The lowest BCUT2D eigenvalue weighted by atomic mass is 9.98. The number of ether oxygens (including phenoxy) is 2. The maximum absolute atomic E-state index is 12.7. The van der Waals surface area contributed by atoms with E-state index in [2.05, 4.69) is 24.9 Å². The van der Waals surface area contributed by atoms with E-state index in [9.17, 15) is 26.4 Å². The third kappa shape index (κ3) is 12.4. The summed E-state index contributed by atoms with van der Waals surface area (Å²) in [7, 11) is -6.95. The molecule has 0 fully saturated rings. The highest BCUT2D eigenvalue weighted by Gasteiger charge is 2.27. The number of carbonyl (C=O) groups is 2. The van der Waals surface area contributed by atoms with Gasteiger partial charge in [-0.15, -0.1) is 0 Å². The summed E-state index contributed by atoms with van der Waals surface area (Å²) in [5, 5.41) is 5.98. The van der Waals surface area contributed by atoms with Crippen LogP contribution in [0, 0.1) is 6.57 Å². The van der Waals surface area contributed by atoms with E-state index in [1.54, 1.807) is 54.6 Å². The van der Waals surface area contributed by atoms with Crippen LogP contribution in [0.1, 0.15) is 79.1 Å². The van der Waals surface area contributed by atoms with Crippen molar-refractivity contribution in [3.63, 3.8) is 0 Å². The van der Waals surface area contributed by atoms with Crippen LogP contribution in [-0.4, -0.2) is 54.4 Å². The molecule has 2 heterocycles. The normalized spacial score (nSPS) is 17.1. The second kappa shape index (κ2) is 19.0. The minimum atomic E-state index is -3.48. The minimum Gasteiger partial charge on any atom is -0.494 e. The van der Waals surface area contributed by atoms with E-state index in [0.29, 0.717) is 44.0 Å². The zero-order valence-electron chi connectivity index (χ0n) is 31.1. The Morgan fingerprint density at radius 3 is 1.61 bits per heavy atom. The van der Waals surface area contributed by atoms with Gasteiger partial charge in [-0.25, -0.2) is 31.1 Å². The van der Waals surface area contributed by atoms with Crippen LogP contribution >= 0.6 is 0 Å². The summed E-state index contributed by atoms with van der Waals surface area (Å²) >= 11 is 0.